The highest BCUT2D eigenvalue weighted by molar-refractivity contribution is 5.44. The summed E-state index contributed by atoms with van der Waals surface area (Å²) in [5.41, 5.74) is 5.73. The fraction of sp³-hybridized carbons (Fsp3) is 0.667. The maximum atomic E-state index is 5.73. The number of nitrogens with one attached hydrogen (secondary N) is 1. The van der Waals surface area contributed by atoms with Gasteiger partial charge in [-0.3, -0.25) is 4.90 Å². The van der Waals surface area contributed by atoms with E-state index in [1.807, 2.05) is 0 Å². The summed E-state index contributed by atoms with van der Waals surface area (Å²) in [6.07, 6.45) is 0. The molecule has 106 valence electrons. The lowest BCUT2D eigenvalue weighted by molar-refractivity contribution is 0.0398. The van der Waals surface area contributed by atoms with Crippen molar-refractivity contribution in [1.29, 1.82) is 0 Å². The number of hydrogen-bond donors (Lipinski definition) is 2. The molecule has 0 saturated carbocycles. The second kappa shape index (κ2) is 7.22. The van der Waals surface area contributed by atoms with Gasteiger partial charge in [0.25, 0.3) is 0 Å². The molecule has 2 heterocycles. The smallest absolute Gasteiger partial charge is 0.158 e. The molecule has 1 aromatic heterocycles. The second-order valence-electron chi connectivity index (χ2n) is 4.41. The Hall–Kier alpha value is -1.44. The summed E-state index contributed by atoms with van der Waals surface area (Å²) in [7, 11) is 1.61. The maximum absolute atomic E-state index is 5.73. The van der Waals surface area contributed by atoms with E-state index in [2.05, 4.69) is 20.2 Å². The predicted octanol–water partition coefficient (Wildman–Crippen LogP) is -0.0507. The number of methoxy groups -OCH3 is 1. The zero-order valence-corrected chi connectivity index (χ0v) is 11.3. The van der Waals surface area contributed by atoms with Gasteiger partial charge in [0.2, 0.25) is 0 Å². The van der Waals surface area contributed by atoms with Gasteiger partial charge in [-0.05, 0) is 0 Å². The summed E-state index contributed by atoms with van der Waals surface area (Å²) >= 11 is 0. The van der Waals surface area contributed by atoms with Gasteiger partial charge in [-0.25, -0.2) is 9.97 Å². The first-order chi connectivity index (χ1) is 9.28. The van der Waals surface area contributed by atoms with Crippen molar-refractivity contribution in [2.24, 2.45) is 0 Å². The average molecular weight is 267 g/mol. The summed E-state index contributed by atoms with van der Waals surface area (Å²) in [6, 6.07) is 1.73. The zero-order valence-electron chi connectivity index (χ0n) is 11.3. The van der Waals surface area contributed by atoms with Crippen molar-refractivity contribution in [2.75, 3.05) is 57.6 Å². The molecule has 0 radical (unpaired) electrons. The zero-order chi connectivity index (χ0) is 13.5. The Labute approximate surface area is 113 Å². The predicted molar refractivity (Wildman–Crippen MR) is 72.9 cm³/mol. The molecule has 7 nitrogen and oxygen atoms in total. The average Bonchev–Trinajstić information content (AvgIpc) is 2.40. The molecule has 1 aromatic rings. The Bertz CT molecular complexity index is 396. The molecule has 7 heteroatoms. The standard InChI is InChI=1S/C12H21N5O2/c1-18-9-12-15-10(13)8-11(16-12)14-2-3-17-4-6-19-7-5-17/h8H,2-7,9H2,1H3,(H3,13,14,15,16). The third-order valence-electron chi connectivity index (χ3n) is 2.90. The van der Waals surface area contributed by atoms with E-state index in [4.69, 9.17) is 15.2 Å². The Balaban J connectivity index is 1.81. The first-order valence-corrected chi connectivity index (χ1v) is 6.44. The summed E-state index contributed by atoms with van der Waals surface area (Å²) in [6.45, 7) is 5.76. The van der Waals surface area contributed by atoms with Crippen LogP contribution in [0, 0.1) is 0 Å². The first-order valence-electron chi connectivity index (χ1n) is 6.44. The van der Waals surface area contributed by atoms with E-state index in [-0.39, 0.29) is 0 Å². The van der Waals surface area contributed by atoms with Crippen molar-refractivity contribution in [3.05, 3.63) is 11.9 Å². The molecule has 0 amide bonds. The van der Waals surface area contributed by atoms with E-state index < -0.39 is 0 Å². The van der Waals surface area contributed by atoms with Gasteiger partial charge in [0.05, 0.1) is 13.2 Å². The van der Waals surface area contributed by atoms with Crippen molar-refractivity contribution in [3.63, 3.8) is 0 Å². The van der Waals surface area contributed by atoms with Gasteiger partial charge < -0.3 is 20.5 Å². The van der Waals surface area contributed by atoms with E-state index in [0.29, 0.717) is 18.2 Å². The van der Waals surface area contributed by atoms with Gasteiger partial charge in [-0.1, -0.05) is 0 Å². The molecule has 1 saturated heterocycles. The highest BCUT2D eigenvalue weighted by atomic mass is 16.5. The van der Waals surface area contributed by atoms with E-state index in [1.165, 1.54) is 0 Å². The lowest BCUT2D eigenvalue weighted by Gasteiger charge is -2.26. The van der Waals surface area contributed by atoms with E-state index in [0.717, 1.165) is 45.2 Å². The van der Waals surface area contributed by atoms with Crippen LogP contribution in [0.3, 0.4) is 0 Å². The number of ether oxygens (including phenoxy) is 2. The van der Waals surface area contributed by atoms with Gasteiger partial charge in [0.1, 0.15) is 18.2 Å². The van der Waals surface area contributed by atoms with Crippen LogP contribution in [0.2, 0.25) is 0 Å². The van der Waals surface area contributed by atoms with E-state index >= 15 is 0 Å². The molecular formula is C12H21N5O2. The number of anilines is 2. The van der Waals surface area contributed by atoms with E-state index in [9.17, 15) is 0 Å². The minimum atomic E-state index is 0.364. The van der Waals surface area contributed by atoms with Crippen LogP contribution in [-0.2, 0) is 16.1 Å². The molecular weight excluding hydrogens is 246 g/mol. The topological polar surface area (TPSA) is 85.5 Å². The molecule has 3 N–H and O–H groups in total. The van der Waals surface area contributed by atoms with Crippen molar-refractivity contribution >= 4 is 11.6 Å². The van der Waals surface area contributed by atoms with Crippen LogP contribution in [0.5, 0.6) is 0 Å². The van der Waals surface area contributed by atoms with Crippen molar-refractivity contribution in [3.8, 4) is 0 Å². The van der Waals surface area contributed by atoms with Crippen LogP contribution in [0.15, 0.2) is 6.07 Å². The van der Waals surface area contributed by atoms with Crippen molar-refractivity contribution in [1.82, 2.24) is 14.9 Å². The molecule has 0 aromatic carbocycles. The van der Waals surface area contributed by atoms with Gasteiger partial charge in [-0.2, -0.15) is 0 Å². The Morgan fingerprint density at radius 2 is 2.21 bits per heavy atom. The molecule has 0 spiro atoms. The fourth-order valence-electron chi connectivity index (χ4n) is 1.97. The molecule has 1 aliphatic rings. The molecule has 19 heavy (non-hydrogen) atoms. The van der Waals surface area contributed by atoms with Gasteiger partial charge in [0, 0.05) is 39.4 Å². The number of aromatic nitrogens is 2. The summed E-state index contributed by atoms with van der Waals surface area (Å²) in [4.78, 5) is 10.8. The number of rotatable bonds is 6. The van der Waals surface area contributed by atoms with Gasteiger partial charge in [-0.15, -0.1) is 0 Å². The Morgan fingerprint density at radius 1 is 1.42 bits per heavy atom. The van der Waals surface area contributed by atoms with Gasteiger partial charge in [0.15, 0.2) is 5.82 Å². The normalized spacial score (nSPS) is 16.5. The SMILES string of the molecule is COCc1nc(N)cc(NCCN2CCOCC2)n1. The monoisotopic (exact) mass is 267 g/mol. The van der Waals surface area contributed by atoms with Crippen molar-refractivity contribution < 1.29 is 9.47 Å². The van der Waals surface area contributed by atoms with Crippen LogP contribution >= 0.6 is 0 Å². The van der Waals surface area contributed by atoms with Crippen molar-refractivity contribution in [2.45, 2.75) is 6.61 Å². The highest BCUT2D eigenvalue weighted by Gasteiger charge is 2.09. The second-order valence-corrected chi connectivity index (χ2v) is 4.41. The summed E-state index contributed by atoms with van der Waals surface area (Å²) < 4.78 is 10.3. The van der Waals surface area contributed by atoms with E-state index in [1.54, 1.807) is 13.2 Å². The van der Waals surface area contributed by atoms with Crippen LogP contribution in [0.4, 0.5) is 11.6 Å². The van der Waals surface area contributed by atoms with Crippen LogP contribution in [-0.4, -0.2) is 61.4 Å². The maximum Gasteiger partial charge on any atom is 0.158 e. The number of morpholine rings is 1. The number of nitrogens with zero attached hydrogens (tertiary/aromatic N) is 3. The molecule has 1 aliphatic heterocycles. The number of hydrogen-bond acceptors (Lipinski definition) is 7. The lowest BCUT2D eigenvalue weighted by Crippen LogP contribution is -2.39. The van der Waals surface area contributed by atoms with Gasteiger partial charge >= 0.3 is 0 Å². The molecule has 0 bridgehead atoms. The minimum Gasteiger partial charge on any atom is -0.384 e. The largest absolute Gasteiger partial charge is 0.384 e. The Morgan fingerprint density at radius 3 is 2.95 bits per heavy atom. The third kappa shape index (κ3) is 4.62. The number of nitrogens with two attached hydrogens (primary N) is 1. The lowest BCUT2D eigenvalue weighted by atomic mass is 10.4. The summed E-state index contributed by atoms with van der Waals surface area (Å²) in [5, 5.41) is 3.26. The van der Waals surface area contributed by atoms with Crippen LogP contribution < -0.4 is 11.1 Å². The summed E-state index contributed by atoms with van der Waals surface area (Å²) in [5.74, 6) is 1.79. The molecule has 0 atom stereocenters. The molecule has 1 fully saturated rings. The highest BCUT2D eigenvalue weighted by Crippen LogP contribution is 2.08. The molecule has 0 unspecified atom stereocenters. The third-order valence-corrected chi connectivity index (χ3v) is 2.90. The van der Waals surface area contributed by atoms with Crippen LogP contribution in [0.25, 0.3) is 0 Å². The quantitative estimate of drug-likeness (QED) is 0.747. The van der Waals surface area contributed by atoms with Crippen LogP contribution in [0.1, 0.15) is 5.82 Å². The minimum absolute atomic E-state index is 0.364. The molecule has 0 aliphatic carbocycles. The molecule has 2 rings (SSSR count). The first kappa shape index (κ1) is 14.0. The fourth-order valence-corrected chi connectivity index (χ4v) is 1.97. The Kier molecular flexibility index (Phi) is 5.31. The number of nitrogen functional groups attached to an aromatic ring is 1.